The second-order valence-electron chi connectivity index (χ2n) is 4.25. The van der Waals surface area contributed by atoms with Crippen molar-refractivity contribution in [1.29, 1.82) is 0 Å². The van der Waals surface area contributed by atoms with Crippen LogP contribution in [-0.2, 0) is 11.2 Å². The van der Waals surface area contributed by atoms with Gasteiger partial charge in [-0.3, -0.25) is 4.79 Å². The molecule has 0 radical (unpaired) electrons. The van der Waals surface area contributed by atoms with Crippen molar-refractivity contribution in [1.82, 2.24) is 14.6 Å². The number of carbonyl (C=O) groups is 1. The lowest BCUT2D eigenvalue weighted by Gasteiger charge is -2.04. The van der Waals surface area contributed by atoms with Crippen molar-refractivity contribution in [3.8, 4) is 0 Å². The Morgan fingerprint density at radius 1 is 1.53 bits per heavy atom. The van der Waals surface area contributed by atoms with Gasteiger partial charge in [0.2, 0.25) is 0 Å². The summed E-state index contributed by atoms with van der Waals surface area (Å²) in [4.78, 5) is 15.1. The Morgan fingerprint density at radius 2 is 2.47 bits per heavy atom. The van der Waals surface area contributed by atoms with Crippen molar-refractivity contribution in [3.63, 3.8) is 0 Å². The third-order valence-electron chi connectivity index (χ3n) is 2.97. The van der Waals surface area contributed by atoms with Crippen molar-refractivity contribution in [2.45, 2.75) is 25.4 Å². The Kier molecular flexibility index (Phi) is 2.60. The maximum absolute atomic E-state index is 10.7. The normalized spacial score (nSPS) is 19.9. The highest BCUT2D eigenvalue weighted by molar-refractivity contribution is 5.74. The molecular weight excluding hydrogens is 218 g/mol. The maximum atomic E-state index is 10.7. The fourth-order valence-electron chi connectivity index (χ4n) is 2.11. The molecule has 0 aromatic carbocycles. The predicted molar refractivity (Wildman–Crippen MR) is 61.1 cm³/mol. The summed E-state index contributed by atoms with van der Waals surface area (Å²) in [6.07, 6.45) is 5.69. The largest absolute Gasteiger partial charge is 0.378 e. The summed E-state index contributed by atoms with van der Waals surface area (Å²) in [5.74, 6) is 0.778. The minimum atomic E-state index is 0.248. The summed E-state index contributed by atoms with van der Waals surface area (Å²) in [6, 6.07) is 3.54. The van der Waals surface area contributed by atoms with Crippen LogP contribution in [0.25, 0.3) is 5.65 Å². The lowest BCUT2D eigenvalue weighted by atomic mass is 10.2. The molecule has 2 aromatic heterocycles. The number of aldehydes is 1. The molecule has 2 aromatic rings. The van der Waals surface area contributed by atoms with E-state index in [0.29, 0.717) is 5.56 Å². The van der Waals surface area contributed by atoms with Crippen LogP contribution in [0.2, 0.25) is 0 Å². The molecule has 88 valence electrons. The number of ether oxygens (including phenoxy) is 1. The van der Waals surface area contributed by atoms with Crippen LogP contribution in [0.15, 0.2) is 18.3 Å². The van der Waals surface area contributed by atoms with E-state index in [1.54, 1.807) is 22.8 Å². The molecular formula is C12H13N3O2. The molecule has 1 aliphatic heterocycles. The Hall–Kier alpha value is -1.75. The zero-order valence-corrected chi connectivity index (χ0v) is 9.37. The van der Waals surface area contributed by atoms with Crippen molar-refractivity contribution >= 4 is 11.9 Å². The number of aromatic nitrogens is 3. The van der Waals surface area contributed by atoms with Gasteiger partial charge in [-0.05, 0) is 25.0 Å². The molecule has 17 heavy (non-hydrogen) atoms. The van der Waals surface area contributed by atoms with Gasteiger partial charge in [-0.1, -0.05) is 0 Å². The van der Waals surface area contributed by atoms with E-state index in [1.165, 1.54) is 0 Å². The van der Waals surface area contributed by atoms with Gasteiger partial charge in [0, 0.05) is 24.8 Å². The van der Waals surface area contributed by atoms with E-state index >= 15 is 0 Å². The van der Waals surface area contributed by atoms with Crippen LogP contribution in [0.3, 0.4) is 0 Å². The first kappa shape index (κ1) is 10.4. The van der Waals surface area contributed by atoms with Gasteiger partial charge in [-0.25, -0.2) is 9.50 Å². The fraction of sp³-hybridized carbons (Fsp3) is 0.417. The van der Waals surface area contributed by atoms with Crippen LogP contribution in [0.4, 0.5) is 0 Å². The van der Waals surface area contributed by atoms with E-state index in [4.69, 9.17) is 4.74 Å². The Balaban J connectivity index is 1.87. The molecule has 5 heteroatoms. The second kappa shape index (κ2) is 4.25. The van der Waals surface area contributed by atoms with Crippen molar-refractivity contribution in [2.75, 3.05) is 6.61 Å². The van der Waals surface area contributed by atoms with Crippen molar-refractivity contribution < 1.29 is 9.53 Å². The number of pyridine rings is 1. The Labute approximate surface area is 98.4 Å². The molecule has 0 aliphatic carbocycles. The van der Waals surface area contributed by atoms with Crippen molar-refractivity contribution in [2.24, 2.45) is 0 Å². The van der Waals surface area contributed by atoms with Gasteiger partial charge in [0.05, 0.1) is 6.10 Å². The molecule has 1 fully saturated rings. The molecule has 0 spiro atoms. The van der Waals surface area contributed by atoms with Crippen LogP contribution in [0, 0.1) is 0 Å². The van der Waals surface area contributed by atoms with Gasteiger partial charge in [0.1, 0.15) is 0 Å². The predicted octanol–water partition coefficient (Wildman–Crippen LogP) is 1.26. The lowest BCUT2D eigenvalue weighted by molar-refractivity contribution is 0.110. The molecule has 1 aliphatic rings. The van der Waals surface area contributed by atoms with Crippen LogP contribution < -0.4 is 0 Å². The second-order valence-corrected chi connectivity index (χ2v) is 4.25. The summed E-state index contributed by atoms with van der Waals surface area (Å²) < 4.78 is 7.20. The molecule has 0 bridgehead atoms. The number of carbonyl (C=O) groups excluding carboxylic acids is 1. The molecule has 0 saturated carbocycles. The van der Waals surface area contributed by atoms with Gasteiger partial charge in [0.15, 0.2) is 17.8 Å². The van der Waals surface area contributed by atoms with Gasteiger partial charge in [-0.2, -0.15) is 5.10 Å². The monoisotopic (exact) mass is 231 g/mol. The SMILES string of the molecule is O=Cc1ccc2nc(CC3CCCO3)nn2c1. The van der Waals surface area contributed by atoms with E-state index in [2.05, 4.69) is 10.1 Å². The first-order valence-corrected chi connectivity index (χ1v) is 5.77. The van der Waals surface area contributed by atoms with Crippen LogP contribution in [-0.4, -0.2) is 33.6 Å². The van der Waals surface area contributed by atoms with Crippen LogP contribution in [0.1, 0.15) is 29.0 Å². The third-order valence-corrected chi connectivity index (χ3v) is 2.97. The average Bonchev–Trinajstić information content (AvgIpc) is 2.96. The highest BCUT2D eigenvalue weighted by Crippen LogP contribution is 2.16. The number of rotatable bonds is 3. The van der Waals surface area contributed by atoms with Crippen molar-refractivity contribution in [3.05, 3.63) is 29.7 Å². The van der Waals surface area contributed by atoms with Gasteiger partial charge >= 0.3 is 0 Å². The molecule has 1 atom stereocenters. The number of hydrogen-bond donors (Lipinski definition) is 0. The number of hydrogen-bond acceptors (Lipinski definition) is 4. The highest BCUT2D eigenvalue weighted by atomic mass is 16.5. The average molecular weight is 231 g/mol. The fourth-order valence-corrected chi connectivity index (χ4v) is 2.11. The molecule has 0 N–H and O–H groups in total. The zero-order chi connectivity index (χ0) is 11.7. The summed E-state index contributed by atoms with van der Waals surface area (Å²) in [6.45, 7) is 0.841. The minimum Gasteiger partial charge on any atom is -0.378 e. The number of nitrogens with zero attached hydrogens (tertiary/aromatic N) is 3. The minimum absolute atomic E-state index is 0.248. The summed E-state index contributed by atoms with van der Waals surface area (Å²) in [5.41, 5.74) is 1.37. The molecule has 5 nitrogen and oxygen atoms in total. The topological polar surface area (TPSA) is 56.5 Å². The molecule has 0 amide bonds. The van der Waals surface area contributed by atoms with E-state index in [0.717, 1.165) is 43.6 Å². The standard InChI is InChI=1S/C12H13N3O2/c16-8-9-3-4-12-13-11(14-15(12)7-9)6-10-2-1-5-17-10/h3-4,7-8,10H,1-2,5-6H2. The van der Waals surface area contributed by atoms with Crippen LogP contribution in [0.5, 0.6) is 0 Å². The maximum Gasteiger partial charge on any atom is 0.155 e. The highest BCUT2D eigenvalue weighted by Gasteiger charge is 2.18. The molecule has 3 rings (SSSR count). The van der Waals surface area contributed by atoms with E-state index in [1.807, 2.05) is 0 Å². The van der Waals surface area contributed by atoms with Gasteiger partial charge < -0.3 is 4.74 Å². The van der Waals surface area contributed by atoms with Crippen LogP contribution >= 0.6 is 0 Å². The van der Waals surface area contributed by atoms with E-state index in [9.17, 15) is 4.79 Å². The molecule has 1 unspecified atom stereocenters. The number of fused-ring (bicyclic) bond motifs is 1. The van der Waals surface area contributed by atoms with E-state index in [-0.39, 0.29) is 6.10 Å². The molecule has 3 heterocycles. The van der Waals surface area contributed by atoms with Gasteiger partial charge in [0.25, 0.3) is 0 Å². The Morgan fingerprint density at radius 3 is 3.24 bits per heavy atom. The van der Waals surface area contributed by atoms with E-state index < -0.39 is 0 Å². The summed E-state index contributed by atoms with van der Waals surface area (Å²) in [7, 11) is 0. The quantitative estimate of drug-likeness (QED) is 0.746. The Bertz CT molecular complexity index is 544. The lowest BCUT2D eigenvalue weighted by Crippen LogP contribution is -2.10. The first-order chi connectivity index (χ1) is 8.35. The third kappa shape index (κ3) is 2.06. The van der Waals surface area contributed by atoms with Gasteiger partial charge in [-0.15, -0.1) is 0 Å². The first-order valence-electron chi connectivity index (χ1n) is 5.77. The molecule has 1 saturated heterocycles. The summed E-state index contributed by atoms with van der Waals surface area (Å²) >= 11 is 0. The smallest absolute Gasteiger partial charge is 0.155 e. The zero-order valence-electron chi connectivity index (χ0n) is 9.37. The summed E-state index contributed by atoms with van der Waals surface area (Å²) in [5, 5.41) is 4.35.